The van der Waals surface area contributed by atoms with Crippen LogP contribution in [0.25, 0.3) is 0 Å². The summed E-state index contributed by atoms with van der Waals surface area (Å²) in [5.74, 6) is -1.16. The summed E-state index contributed by atoms with van der Waals surface area (Å²) in [7, 11) is 0. The van der Waals surface area contributed by atoms with Crippen LogP contribution in [-0.2, 0) is 11.2 Å². The number of hydrogen-bond donors (Lipinski definition) is 2. The number of aromatic carboxylic acids is 1. The van der Waals surface area contributed by atoms with Gasteiger partial charge in [0.15, 0.2) is 0 Å². The van der Waals surface area contributed by atoms with Crippen molar-refractivity contribution >= 4 is 11.9 Å². The van der Waals surface area contributed by atoms with Crippen molar-refractivity contribution in [3.63, 3.8) is 0 Å². The van der Waals surface area contributed by atoms with E-state index in [9.17, 15) is 9.59 Å². The zero-order valence-corrected chi connectivity index (χ0v) is 11.0. The van der Waals surface area contributed by atoms with E-state index in [1.807, 2.05) is 20.8 Å². The van der Waals surface area contributed by atoms with Crippen molar-refractivity contribution in [3.8, 4) is 0 Å². The van der Waals surface area contributed by atoms with E-state index >= 15 is 0 Å². The molecule has 1 amide bonds. The number of rotatable bonds is 5. The molecule has 0 aliphatic carbocycles. The van der Waals surface area contributed by atoms with Crippen LogP contribution < -0.4 is 5.32 Å². The third kappa shape index (κ3) is 3.87. The molecule has 18 heavy (non-hydrogen) atoms. The van der Waals surface area contributed by atoms with Crippen molar-refractivity contribution in [2.75, 3.05) is 0 Å². The van der Waals surface area contributed by atoms with Gasteiger partial charge in [0.1, 0.15) is 0 Å². The van der Waals surface area contributed by atoms with Crippen LogP contribution in [0.2, 0.25) is 0 Å². The molecule has 0 fully saturated rings. The molecule has 0 heterocycles. The summed E-state index contributed by atoms with van der Waals surface area (Å²) < 4.78 is 0. The lowest BCUT2D eigenvalue weighted by Crippen LogP contribution is -2.43. The van der Waals surface area contributed by atoms with Crippen molar-refractivity contribution in [2.24, 2.45) is 0 Å². The average molecular weight is 249 g/mol. The van der Waals surface area contributed by atoms with Gasteiger partial charge in [-0.05, 0) is 31.9 Å². The molecular formula is C14H19NO3. The van der Waals surface area contributed by atoms with Gasteiger partial charge in [0, 0.05) is 5.54 Å². The summed E-state index contributed by atoms with van der Waals surface area (Å²) in [6.45, 7) is 5.87. The molecule has 98 valence electrons. The van der Waals surface area contributed by atoms with E-state index in [0.717, 1.165) is 6.42 Å². The molecule has 4 nitrogen and oxygen atoms in total. The zero-order chi connectivity index (χ0) is 13.8. The third-order valence-electron chi connectivity index (χ3n) is 2.96. The molecule has 1 aromatic carbocycles. The SMILES string of the molecule is CCC(C)(C)NC(=O)Cc1ccccc1C(=O)O. The molecule has 1 aromatic rings. The topological polar surface area (TPSA) is 66.4 Å². The molecule has 0 aromatic heterocycles. The summed E-state index contributed by atoms with van der Waals surface area (Å²) in [4.78, 5) is 22.9. The van der Waals surface area contributed by atoms with Crippen LogP contribution >= 0.6 is 0 Å². The van der Waals surface area contributed by atoms with Crippen LogP contribution in [0.5, 0.6) is 0 Å². The van der Waals surface area contributed by atoms with Gasteiger partial charge in [-0.25, -0.2) is 4.79 Å². The fourth-order valence-electron chi connectivity index (χ4n) is 1.57. The van der Waals surface area contributed by atoms with E-state index in [2.05, 4.69) is 5.32 Å². The highest BCUT2D eigenvalue weighted by Gasteiger charge is 2.19. The van der Waals surface area contributed by atoms with E-state index in [0.29, 0.717) is 5.56 Å². The number of nitrogens with one attached hydrogen (secondary N) is 1. The van der Waals surface area contributed by atoms with Crippen LogP contribution in [0.15, 0.2) is 24.3 Å². The van der Waals surface area contributed by atoms with Gasteiger partial charge in [0.2, 0.25) is 5.91 Å². The maximum Gasteiger partial charge on any atom is 0.335 e. The summed E-state index contributed by atoms with van der Waals surface area (Å²) in [5, 5.41) is 11.9. The molecule has 0 saturated carbocycles. The Labute approximate surface area is 107 Å². The Morgan fingerprint density at radius 3 is 2.44 bits per heavy atom. The van der Waals surface area contributed by atoms with Crippen LogP contribution in [0.3, 0.4) is 0 Å². The molecule has 4 heteroatoms. The minimum absolute atomic E-state index is 0.0892. The number of benzene rings is 1. The predicted octanol–water partition coefficient (Wildman–Crippen LogP) is 2.23. The first-order valence-electron chi connectivity index (χ1n) is 5.98. The predicted molar refractivity (Wildman–Crippen MR) is 69.6 cm³/mol. The molecule has 0 radical (unpaired) electrons. The maximum atomic E-state index is 11.9. The normalized spacial score (nSPS) is 11.1. The van der Waals surface area contributed by atoms with Crippen molar-refractivity contribution in [1.82, 2.24) is 5.32 Å². The second-order valence-electron chi connectivity index (χ2n) is 4.92. The van der Waals surface area contributed by atoms with Crippen molar-refractivity contribution in [3.05, 3.63) is 35.4 Å². The number of carboxylic acid groups (broad SMARTS) is 1. The van der Waals surface area contributed by atoms with Crippen LogP contribution in [0.1, 0.15) is 43.1 Å². The number of amides is 1. The first-order valence-corrected chi connectivity index (χ1v) is 5.98. The Morgan fingerprint density at radius 1 is 1.28 bits per heavy atom. The van der Waals surface area contributed by atoms with E-state index in [4.69, 9.17) is 5.11 Å². The summed E-state index contributed by atoms with van der Waals surface area (Å²) >= 11 is 0. The van der Waals surface area contributed by atoms with Gasteiger partial charge in [-0.1, -0.05) is 25.1 Å². The van der Waals surface area contributed by atoms with Crippen molar-refractivity contribution in [1.29, 1.82) is 0 Å². The second kappa shape index (κ2) is 5.67. The van der Waals surface area contributed by atoms with Gasteiger partial charge in [-0.2, -0.15) is 0 Å². The largest absolute Gasteiger partial charge is 0.478 e. The second-order valence-corrected chi connectivity index (χ2v) is 4.92. The molecule has 0 aliphatic rings. The standard InChI is InChI=1S/C14H19NO3/c1-4-14(2,3)15-12(16)9-10-7-5-6-8-11(10)13(17)18/h5-8H,4,9H2,1-3H3,(H,15,16)(H,17,18). The first-order chi connectivity index (χ1) is 8.35. The van der Waals surface area contributed by atoms with E-state index in [1.54, 1.807) is 18.2 Å². The molecule has 0 spiro atoms. The van der Waals surface area contributed by atoms with Crippen LogP contribution in [0.4, 0.5) is 0 Å². The van der Waals surface area contributed by atoms with Gasteiger partial charge >= 0.3 is 5.97 Å². The Kier molecular flexibility index (Phi) is 4.48. The molecule has 2 N–H and O–H groups in total. The van der Waals surface area contributed by atoms with Crippen molar-refractivity contribution < 1.29 is 14.7 Å². The molecule has 0 unspecified atom stereocenters. The fraction of sp³-hybridized carbons (Fsp3) is 0.429. The van der Waals surface area contributed by atoms with Crippen LogP contribution in [-0.4, -0.2) is 22.5 Å². The van der Waals surface area contributed by atoms with Crippen LogP contribution in [0, 0.1) is 0 Å². The van der Waals surface area contributed by atoms with E-state index in [1.165, 1.54) is 6.07 Å². The third-order valence-corrected chi connectivity index (χ3v) is 2.96. The summed E-state index contributed by atoms with van der Waals surface area (Å²) in [6, 6.07) is 6.57. The molecule has 0 bridgehead atoms. The summed E-state index contributed by atoms with van der Waals surface area (Å²) in [5.41, 5.74) is 0.450. The lowest BCUT2D eigenvalue weighted by Gasteiger charge is -2.24. The number of carbonyl (C=O) groups excluding carboxylic acids is 1. The van der Waals surface area contributed by atoms with Gasteiger partial charge in [0.25, 0.3) is 0 Å². The van der Waals surface area contributed by atoms with Crippen molar-refractivity contribution in [2.45, 2.75) is 39.2 Å². The zero-order valence-electron chi connectivity index (χ0n) is 11.0. The Morgan fingerprint density at radius 2 is 1.89 bits per heavy atom. The number of carbonyl (C=O) groups is 2. The van der Waals surface area contributed by atoms with E-state index in [-0.39, 0.29) is 23.4 Å². The Balaban J connectivity index is 2.80. The smallest absolute Gasteiger partial charge is 0.335 e. The Bertz CT molecular complexity index is 452. The van der Waals surface area contributed by atoms with Gasteiger partial charge in [-0.3, -0.25) is 4.79 Å². The molecule has 0 atom stereocenters. The maximum absolute atomic E-state index is 11.9. The molecule has 0 aliphatic heterocycles. The van der Waals surface area contributed by atoms with E-state index < -0.39 is 5.97 Å². The van der Waals surface area contributed by atoms with Gasteiger partial charge in [-0.15, -0.1) is 0 Å². The summed E-state index contributed by atoms with van der Waals surface area (Å²) in [6.07, 6.45) is 0.908. The first kappa shape index (κ1) is 14.2. The lowest BCUT2D eigenvalue weighted by molar-refractivity contribution is -0.122. The highest BCUT2D eigenvalue weighted by molar-refractivity contribution is 5.91. The monoisotopic (exact) mass is 249 g/mol. The minimum Gasteiger partial charge on any atom is -0.478 e. The highest BCUT2D eigenvalue weighted by Crippen LogP contribution is 2.12. The molecular weight excluding hydrogens is 230 g/mol. The number of hydrogen-bond acceptors (Lipinski definition) is 2. The number of carboxylic acids is 1. The Hall–Kier alpha value is -1.84. The molecule has 0 saturated heterocycles. The lowest BCUT2D eigenvalue weighted by atomic mass is 10.00. The average Bonchev–Trinajstić information content (AvgIpc) is 2.28. The fourth-order valence-corrected chi connectivity index (χ4v) is 1.57. The van der Waals surface area contributed by atoms with Gasteiger partial charge < -0.3 is 10.4 Å². The quantitative estimate of drug-likeness (QED) is 0.841. The minimum atomic E-state index is -1.01. The van der Waals surface area contributed by atoms with Gasteiger partial charge in [0.05, 0.1) is 12.0 Å². The highest BCUT2D eigenvalue weighted by atomic mass is 16.4. The molecule has 1 rings (SSSR count).